The van der Waals surface area contributed by atoms with E-state index >= 15 is 0 Å². The van der Waals surface area contributed by atoms with Crippen molar-refractivity contribution in [2.45, 2.75) is 64.2 Å². The quantitative estimate of drug-likeness (QED) is 0.719. The summed E-state index contributed by atoms with van der Waals surface area (Å²) in [6, 6.07) is 0. The first-order chi connectivity index (χ1) is 11.2. The zero-order valence-corrected chi connectivity index (χ0v) is 14.1. The van der Waals surface area contributed by atoms with Gasteiger partial charge in [-0.25, -0.2) is 0 Å². The molecule has 2 rings (SSSR count). The number of rotatable bonds is 8. The van der Waals surface area contributed by atoms with Crippen LogP contribution < -0.4 is 5.32 Å². The summed E-state index contributed by atoms with van der Waals surface area (Å²) >= 11 is 0. The fourth-order valence-corrected chi connectivity index (χ4v) is 3.91. The van der Waals surface area contributed by atoms with E-state index in [1.165, 1.54) is 32.1 Å². The summed E-state index contributed by atoms with van der Waals surface area (Å²) in [5.41, 5.74) is 0. The van der Waals surface area contributed by atoms with Crippen molar-refractivity contribution in [3.05, 3.63) is 0 Å². The van der Waals surface area contributed by atoms with Crippen molar-refractivity contribution < 1.29 is 19.4 Å². The molecule has 2 fully saturated rings. The standard InChI is InChI=1S/C18H31NO4/c20-17(8-4-7-14-5-2-1-3-6-14)19-13-16(18(21)22)15-9-11-23-12-10-15/h14-16H,1-13H2,(H,19,20)(H,21,22). The van der Waals surface area contributed by atoms with E-state index < -0.39 is 11.9 Å². The van der Waals surface area contributed by atoms with Crippen molar-refractivity contribution in [3.63, 3.8) is 0 Å². The van der Waals surface area contributed by atoms with Crippen LogP contribution in [0.3, 0.4) is 0 Å². The van der Waals surface area contributed by atoms with Gasteiger partial charge in [-0.05, 0) is 37.5 Å². The molecule has 1 atom stereocenters. The van der Waals surface area contributed by atoms with E-state index in [4.69, 9.17) is 4.74 Å². The molecule has 1 saturated heterocycles. The second-order valence-electron chi connectivity index (χ2n) is 7.09. The topological polar surface area (TPSA) is 75.6 Å². The van der Waals surface area contributed by atoms with Crippen molar-refractivity contribution in [2.75, 3.05) is 19.8 Å². The van der Waals surface area contributed by atoms with Gasteiger partial charge in [0.25, 0.3) is 0 Å². The van der Waals surface area contributed by atoms with Crippen LogP contribution in [0.25, 0.3) is 0 Å². The molecule has 5 heteroatoms. The predicted octanol–water partition coefficient (Wildman–Crippen LogP) is 2.98. The molecule has 1 aliphatic carbocycles. The maximum absolute atomic E-state index is 12.0. The summed E-state index contributed by atoms with van der Waals surface area (Å²) in [4.78, 5) is 23.4. The Hall–Kier alpha value is -1.10. The molecule has 1 saturated carbocycles. The Labute approximate surface area is 139 Å². The minimum absolute atomic E-state index is 0.000816. The van der Waals surface area contributed by atoms with Gasteiger partial charge in [-0.1, -0.05) is 32.1 Å². The molecule has 0 aromatic rings. The average Bonchev–Trinajstić information content (AvgIpc) is 2.57. The highest BCUT2D eigenvalue weighted by atomic mass is 16.5. The number of carbonyl (C=O) groups is 2. The highest BCUT2D eigenvalue weighted by Gasteiger charge is 2.29. The van der Waals surface area contributed by atoms with Gasteiger partial charge in [-0.2, -0.15) is 0 Å². The van der Waals surface area contributed by atoms with Gasteiger partial charge in [0.05, 0.1) is 5.92 Å². The van der Waals surface area contributed by atoms with Gasteiger partial charge in [-0.3, -0.25) is 9.59 Å². The second kappa shape index (κ2) is 9.91. The lowest BCUT2D eigenvalue weighted by Crippen LogP contribution is -2.38. The average molecular weight is 325 g/mol. The Morgan fingerprint density at radius 2 is 1.78 bits per heavy atom. The van der Waals surface area contributed by atoms with Gasteiger partial charge in [0.2, 0.25) is 5.91 Å². The molecule has 1 aliphatic heterocycles. The fourth-order valence-electron chi connectivity index (χ4n) is 3.91. The summed E-state index contributed by atoms with van der Waals surface area (Å²) in [7, 11) is 0. The SMILES string of the molecule is O=C(CCCC1CCCCC1)NCC(C(=O)O)C1CCOCC1. The third kappa shape index (κ3) is 6.50. The molecule has 132 valence electrons. The normalized spacial score (nSPS) is 21.7. The molecular weight excluding hydrogens is 294 g/mol. The minimum Gasteiger partial charge on any atom is -0.481 e. The maximum atomic E-state index is 12.0. The number of amides is 1. The Kier molecular flexibility index (Phi) is 7.86. The summed E-state index contributed by atoms with van der Waals surface area (Å²) in [6.07, 6.45) is 10.8. The van der Waals surface area contributed by atoms with E-state index in [0.717, 1.165) is 31.6 Å². The van der Waals surface area contributed by atoms with Crippen LogP contribution in [0, 0.1) is 17.8 Å². The van der Waals surface area contributed by atoms with Crippen LogP contribution in [0.2, 0.25) is 0 Å². The number of hydrogen-bond donors (Lipinski definition) is 2. The number of ether oxygens (including phenoxy) is 1. The number of nitrogens with one attached hydrogen (secondary N) is 1. The van der Waals surface area contributed by atoms with E-state index in [1.54, 1.807) is 0 Å². The van der Waals surface area contributed by atoms with Crippen molar-refractivity contribution >= 4 is 11.9 Å². The van der Waals surface area contributed by atoms with Crippen LogP contribution >= 0.6 is 0 Å². The van der Waals surface area contributed by atoms with Gasteiger partial charge < -0.3 is 15.2 Å². The Balaban J connectivity index is 1.63. The van der Waals surface area contributed by atoms with Crippen molar-refractivity contribution in [1.29, 1.82) is 0 Å². The molecule has 0 aromatic carbocycles. The monoisotopic (exact) mass is 325 g/mol. The van der Waals surface area contributed by atoms with Gasteiger partial charge >= 0.3 is 5.97 Å². The molecular formula is C18H31NO4. The Morgan fingerprint density at radius 3 is 2.43 bits per heavy atom. The molecule has 23 heavy (non-hydrogen) atoms. The minimum atomic E-state index is -0.806. The number of carboxylic acids is 1. The largest absolute Gasteiger partial charge is 0.481 e. The lowest BCUT2D eigenvalue weighted by Gasteiger charge is -2.27. The number of carbonyl (C=O) groups excluding carboxylic acids is 1. The molecule has 1 amide bonds. The molecule has 0 spiro atoms. The second-order valence-corrected chi connectivity index (χ2v) is 7.09. The van der Waals surface area contributed by atoms with Crippen molar-refractivity contribution in [2.24, 2.45) is 17.8 Å². The fraction of sp³-hybridized carbons (Fsp3) is 0.889. The number of carboxylic acid groups (broad SMARTS) is 1. The van der Waals surface area contributed by atoms with E-state index in [1.807, 2.05) is 0 Å². The lowest BCUT2D eigenvalue weighted by atomic mass is 9.85. The Bertz CT molecular complexity index is 373. The summed E-state index contributed by atoms with van der Waals surface area (Å²) in [6.45, 7) is 1.51. The first-order valence-electron chi connectivity index (χ1n) is 9.24. The van der Waals surface area contributed by atoms with Crippen LogP contribution in [-0.2, 0) is 14.3 Å². The highest BCUT2D eigenvalue weighted by Crippen LogP contribution is 2.27. The van der Waals surface area contributed by atoms with Gasteiger partial charge in [0.15, 0.2) is 0 Å². The van der Waals surface area contributed by atoms with Gasteiger partial charge in [0, 0.05) is 26.2 Å². The summed E-state index contributed by atoms with van der Waals surface area (Å²) < 4.78 is 5.29. The van der Waals surface area contributed by atoms with E-state index in [9.17, 15) is 14.7 Å². The molecule has 1 heterocycles. The van der Waals surface area contributed by atoms with Crippen LogP contribution in [-0.4, -0.2) is 36.7 Å². The predicted molar refractivity (Wildman–Crippen MR) is 88.1 cm³/mol. The van der Waals surface area contributed by atoms with Crippen LogP contribution in [0.4, 0.5) is 0 Å². The number of aliphatic carboxylic acids is 1. The number of hydrogen-bond acceptors (Lipinski definition) is 3. The smallest absolute Gasteiger partial charge is 0.308 e. The van der Waals surface area contributed by atoms with Gasteiger partial charge in [0.1, 0.15) is 0 Å². The molecule has 0 radical (unpaired) electrons. The molecule has 5 nitrogen and oxygen atoms in total. The zero-order chi connectivity index (χ0) is 16.5. The first kappa shape index (κ1) is 18.2. The lowest BCUT2D eigenvalue weighted by molar-refractivity contribution is -0.145. The van der Waals surface area contributed by atoms with Crippen molar-refractivity contribution in [3.8, 4) is 0 Å². The van der Waals surface area contributed by atoms with Crippen LogP contribution in [0.15, 0.2) is 0 Å². The summed E-state index contributed by atoms with van der Waals surface area (Å²) in [5, 5.41) is 12.2. The van der Waals surface area contributed by atoms with Crippen LogP contribution in [0.1, 0.15) is 64.2 Å². The molecule has 1 unspecified atom stereocenters. The first-order valence-corrected chi connectivity index (χ1v) is 9.24. The third-order valence-electron chi connectivity index (χ3n) is 5.41. The van der Waals surface area contributed by atoms with Crippen molar-refractivity contribution in [1.82, 2.24) is 5.32 Å². The molecule has 0 bridgehead atoms. The zero-order valence-electron chi connectivity index (χ0n) is 14.1. The third-order valence-corrected chi connectivity index (χ3v) is 5.41. The molecule has 2 aliphatic rings. The van der Waals surface area contributed by atoms with E-state index in [-0.39, 0.29) is 18.4 Å². The van der Waals surface area contributed by atoms with E-state index in [0.29, 0.717) is 19.6 Å². The van der Waals surface area contributed by atoms with E-state index in [2.05, 4.69) is 5.32 Å². The van der Waals surface area contributed by atoms with Crippen LogP contribution in [0.5, 0.6) is 0 Å². The maximum Gasteiger partial charge on any atom is 0.308 e. The molecule has 0 aromatic heterocycles. The summed E-state index contributed by atoms with van der Waals surface area (Å²) in [5.74, 6) is -0.380. The highest BCUT2D eigenvalue weighted by molar-refractivity contribution is 5.77. The van der Waals surface area contributed by atoms with Gasteiger partial charge in [-0.15, -0.1) is 0 Å². The molecule has 2 N–H and O–H groups in total. The Morgan fingerprint density at radius 1 is 1.09 bits per heavy atom.